The monoisotopic (exact) mass is 303 g/mol. The quantitative estimate of drug-likeness (QED) is 0.801. The number of ether oxygens (including phenoxy) is 2. The van der Waals surface area contributed by atoms with Crippen LogP contribution in [-0.4, -0.2) is 37.4 Å². The van der Waals surface area contributed by atoms with Crippen LogP contribution in [0.5, 0.6) is 5.75 Å². The first-order valence-corrected chi connectivity index (χ1v) is 6.52. The third-order valence-electron chi connectivity index (χ3n) is 3.35. The van der Waals surface area contributed by atoms with Crippen molar-refractivity contribution in [1.82, 2.24) is 4.90 Å². The molecule has 0 radical (unpaired) electrons. The van der Waals surface area contributed by atoms with Gasteiger partial charge in [-0.05, 0) is 30.7 Å². The summed E-state index contributed by atoms with van der Waals surface area (Å²) in [6.45, 7) is 1.74. The Bertz CT molecular complexity index is 504. The minimum atomic E-state index is -4.69. The van der Waals surface area contributed by atoms with Gasteiger partial charge in [0.05, 0.1) is 13.0 Å². The Hall–Kier alpha value is -1.76. The van der Waals surface area contributed by atoms with E-state index in [1.165, 1.54) is 25.3 Å². The first kappa shape index (κ1) is 15.6. The lowest BCUT2D eigenvalue weighted by molar-refractivity contribution is -0.274. The molecule has 1 saturated heterocycles. The number of benzene rings is 1. The van der Waals surface area contributed by atoms with E-state index in [2.05, 4.69) is 4.74 Å². The van der Waals surface area contributed by atoms with Crippen molar-refractivity contribution in [2.45, 2.75) is 19.3 Å². The van der Waals surface area contributed by atoms with E-state index in [0.29, 0.717) is 31.6 Å². The van der Waals surface area contributed by atoms with Gasteiger partial charge in [0.25, 0.3) is 0 Å². The highest BCUT2D eigenvalue weighted by molar-refractivity contribution is 5.72. The summed E-state index contributed by atoms with van der Waals surface area (Å²) >= 11 is 0. The van der Waals surface area contributed by atoms with E-state index < -0.39 is 6.36 Å². The van der Waals surface area contributed by atoms with Crippen LogP contribution < -0.4 is 4.74 Å². The fourth-order valence-corrected chi connectivity index (χ4v) is 2.43. The van der Waals surface area contributed by atoms with Crippen LogP contribution in [0.3, 0.4) is 0 Å². The fourth-order valence-electron chi connectivity index (χ4n) is 2.43. The van der Waals surface area contributed by atoms with Crippen molar-refractivity contribution in [3.8, 4) is 5.75 Å². The number of halogens is 3. The average molecular weight is 303 g/mol. The molecular weight excluding hydrogens is 287 g/mol. The highest BCUT2D eigenvalue weighted by Gasteiger charge is 2.31. The SMILES string of the molecule is COC(=O)C1CCN(Cc2cccc(OC(F)(F)F)c2)C1. The normalized spacial score (nSPS) is 19.5. The molecule has 0 amide bonds. The van der Waals surface area contributed by atoms with Crippen molar-refractivity contribution in [2.24, 2.45) is 5.92 Å². The lowest BCUT2D eigenvalue weighted by Crippen LogP contribution is -2.23. The van der Waals surface area contributed by atoms with Gasteiger partial charge in [0.15, 0.2) is 0 Å². The van der Waals surface area contributed by atoms with Gasteiger partial charge < -0.3 is 9.47 Å². The molecule has 0 spiro atoms. The standard InChI is InChI=1S/C14H16F3NO3/c1-20-13(19)11-5-6-18(9-11)8-10-3-2-4-12(7-10)21-14(15,16)17/h2-4,7,11H,5-6,8-9H2,1H3. The van der Waals surface area contributed by atoms with Crippen LogP contribution >= 0.6 is 0 Å². The molecule has 0 aromatic heterocycles. The Balaban J connectivity index is 1.95. The second kappa shape index (κ2) is 6.34. The van der Waals surface area contributed by atoms with Crippen molar-refractivity contribution >= 4 is 5.97 Å². The number of carbonyl (C=O) groups excluding carboxylic acids is 1. The van der Waals surface area contributed by atoms with Crippen molar-refractivity contribution in [1.29, 1.82) is 0 Å². The summed E-state index contributed by atoms with van der Waals surface area (Å²) in [5.41, 5.74) is 0.710. The van der Waals surface area contributed by atoms with Gasteiger partial charge in [-0.25, -0.2) is 0 Å². The van der Waals surface area contributed by atoms with Gasteiger partial charge in [0, 0.05) is 13.1 Å². The molecule has 0 aliphatic carbocycles. The van der Waals surface area contributed by atoms with E-state index in [-0.39, 0.29) is 17.6 Å². The topological polar surface area (TPSA) is 38.8 Å². The molecule has 2 rings (SSSR count). The Morgan fingerprint density at radius 2 is 2.19 bits per heavy atom. The zero-order valence-corrected chi connectivity index (χ0v) is 11.5. The average Bonchev–Trinajstić information content (AvgIpc) is 2.84. The maximum Gasteiger partial charge on any atom is 0.573 e. The summed E-state index contributed by atoms with van der Waals surface area (Å²) < 4.78 is 45.1. The number of rotatable bonds is 4. The highest BCUT2D eigenvalue weighted by atomic mass is 19.4. The molecule has 1 aliphatic rings. The molecule has 1 aromatic carbocycles. The van der Waals surface area contributed by atoms with E-state index in [9.17, 15) is 18.0 Å². The number of hydrogen-bond donors (Lipinski definition) is 0. The molecule has 1 aliphatic heterocycles. The molecule has 1 heterocycles. The van der Waals surface area contributed by atoms with Crippen LogP contribution in [0.2, 0.25) is 0 Å². The van der Waals surface area contributed by atoms with Crippen LogP contribution in [0.4, 0.5) is 13.2 Å². The zero-order valence-electron chi connectivity index (χ0n) is 11.5. The van der Waals surface area contributed by atoms with Crippen LogP contribution in [0.1, 0.15) is 12.0 Å². The number of methoxy groups -OCH3 is 1. The molecule has 1 unspecified atom stereocenters. The van der Waals surface area contributed by atoms with Crippen molar-refractivity contribution < 1.29 is 27.4 Å². The first-order valence-electron chi connectivity index (χ1n) is 6.52. The Labute approximate surface area is 120 Å². The second-order valence-corrected chi connectivity index (χ2v) is 4.94. The Kier molecular flexibility index (Phi) is 4.72. The molecule has 1 atom stereocenters. The summed E-state index contributed by atoms with van der Waals surface area (Å²) in [7, 11) is 1.35. The van der Waals surface area contributed by atoms with Gasteiger partial charge in [0.2, 0.25) is 0 Å². The van der Waals surface area contributed by atoms with Crippen molar-refractivity contribution in [2.75, 3.05) is 20.2 Å². The summed E-state index contributed by atoms with van der Waals surface area (Å²) in [6, 6.07) is 5.87. The number of likely N-dealkylation sites (tertiary alicyclic amines) is 1. The third-order valence-corrected chi connectivity index (χ3v) is 3.35. The lowest BCUT2D eigenvalue weighted by atomic mass is 10.1. The Morgan fingerprint density at radius 1 is 1.43 bits per heavy atom. The number of alkyl halides is 3. The van der Waals surface area contributed by atoms with Gasteiger partial charge in [-0.15, -0.1) is 13.2 Å². The summed E-state index contributed by atoms with van der Waals surface area (Å²) in [6.07, 6.45) is -3.99. The molecule has 0 N–H and O–H groups in total. The van der Waals surface area contributed by atoms with E-state index in [4.69, 9.17) is 4.74 Å². The molecule has 1 fully saturated rings. The zero-order chi connectivity index (χ0) is 15.5. The molecule has 21 heavy (non-hydrogen) atoms. The van der Waals surface area contributed by atoms with E-state index in [1.807, 2.05) is 4.90 Å². The second-order valence-electron chi connectivity index (χ2n) is 4.94. The van der Waals surface area contributed by atoms with Crippen molar-refractivity contribution in [3.63, 3.8) is 0 Å². The molecule has 0 saturated carbocycles. The van der Waals surface area contributed by atoms with Crippen LogP contribution in [0.25, 0.3) is 0 Å². The first-order chi connectivity index (χ1) is 9.87. The molecule has 4 nitrogen and oxygen atoms in total. The fraction of sp³-hybridized carbons (Fsp3) is 0.500. The minimum absolute atomic E-state index is 0.162. The maximum absolute atomic E-state index is 12.2. The summed E-state index contributed by atoms with van der Waals surface area (Å²) in [5.74, 6) is -0.639. The van der Waals surface area contributed by atoms with Crippen LogP contribution in [0.15, 0.2) is 24.3 Å². The van der Waals surface area contributed by atoms with Gasteiger partial charge in [-0.1, -0.05) is 12.1 Å². The van der Waals surface area contributed by atoms with E-state index in [1.54, 1.807) is 6.07 Å². The summed E-state index contributed by atoms with van der Waals surface area (Å²) in [4.78, 5) is 13.4. The van der Waals surface area contributed by atoms with Crippen LogP contribution in [-0.2, 0) is 16.1 Å². The molecule has 116 valence electrons. The smallest absolute Gasteiger partial charge is 0.469 e. The number of carbonyl (C=O) groups is 1. The van der Waals surface area contributed by atoms with E-state index >= 15 is 0 Å². The van der Waals surface area contributed by atoms with Gasteiger partial charge in [-0.2, -0.15) is 0 Å². The van der Waals surface area contributed by atoms with Gasteiger partial charge in [-0.3, -0.25) is 9.69 Å². The lowest BCUT2D eigenvalue weighted by Gasteiger charge is -2.16. The third kappa shape index (κ3) is 4.63. The predicted molar refractivity (Wildman–Crippen MR) is 68.5 cm³/mol. The minimum Gasteiger partial charge on any atom is -0.469 e. The van der Waals surface area contributed by atoms with Gasteiger partial charge in [0.1, 0.15) is 5.75 Å². The van der Waals surface area contributed by atoms with E-state index in [0.717, 1.165) is 0 Å². The maximum atomic E-state index is 12.2. The number of hydrogen-bond acceptors (Lipinski definition) is 4. The predicted octanol–water partition coefficient (Wildman–Crippen LogP) is 2.58. The summed E-state index contributed by atoms with van der Waals surface area (Å²) in [5, 5.41) is 0. The molecule has 7 heteroatoms. The number of nitrogens with zero attached hydrogens (tertiary/aromatic N) is 1. The van der Waals surface area contributed by atoms with Gasteiger partial charge >= 0.3 is 12.3 Å². The molecule has 0 bridgehead atoms. The Morgan fingerprint density at radius 3 is 2.86 bits per heavy atom. The van der Waals surface area contributed by atoms with Crippen molar-refractivity contribution in [3.05, 3.63) is 29.8 Å². The molecular formula is C14H16F3NO3. The van der Waals surface area contributed by atoms with Crippen LogP contribution in [0, 0.1) is 5.92 Å². The largest absolute Gasteiger partial charge is 0.573 e. The number of esters is 1. The molecule has 1 aromatic rings. The highest BCUT2D eigenvalue weighted by Crippen LogP contribution is 2.25.